The van der Waals surface area contributed by atoms with Gasteiger partial charge in [-0.25, -0.2) is 9.50 Å². The maximum Gasteiger partial charge on any atom is 0.159 e. The summed E-state index contributed by atoms with van der Waals surface area (Å²) in [7, 11) is 0. The summed E-state index contributed by atoms with van der Waals surface area (Å²) in [6.07, 6.45) is 4.14. The molecule has 0 atom stereocenters. The van der Waals surface area contributed by atoms with Crippen molar-refractivity contribution >= 4 is 21.6 Å². The van der Waals surface area contributed by atoms with E-state index in [1.54, 1.807) is 10.8 Å². The lowest BCUT2D eigenvalue weighted by Crippen LogP contribution is -1.90. The molecule has 0 aliphatic carbocycles. The van der Waals surface area contributed by atoms with Gasteiger partial charge in [-0.05, 0) is 24.3 Å². The second-order valence-electron chi connectivity index (χ2n) is 3.43. The minimum Gasteiger partial charge on any atom is -0.469 e. The summed E-state index contributed by atoms with van der Waals surface area (Å²) in [4.78, 5) is 4.41. The number of furan rings is 1. The monoisotopic (exact) mass is 277 g/mol. The zero-order chi connectivity index (χ0) is 11.0. The molecule has 3 aromatic heterocycles. The van der Waals surface area contributed by atoms with Crippen LogP contribution >= 0.6 is 15.9 Å². The fourth-order valence-electron chi connectivity index (χ4n) is 1.55. The van der Waals surface area contributed by atoms with Gasteiger partial charge in [0.2, 0.25) is 0 Å². The molecule has 0 unspecified atom stereocenters. The molecule has 0 amide bonds. The quantitative estimate of drug-likeness (QED) is 0.723. The van der Waals surface area contributed by atoms with Gasteiger partial charge in [-0.1, -0.05) is 15.9 Å². The zero-order valence-electron chi connectivity index (χ0n) is 8.30. The van der Waals surface area contributed by atoms with Crippen molar-refractivity contribution in [1.82, 2.24) is 14.6 Å². The highest BCUT2D eigenvalue weighted by Crippen LogP contribution is 2.13. The summed E-state index contributed by atoms with van der Waals surface area (Å²) in [6.45, 7) is 0. The van der Waals surface area contributed by atoms with Crippen molar-refractivity contribution in [2.75, 3.05) is 0 Å². The number of aromatic nitrogens is 3. The molecular formula is C11H8BrN3O. The number of pyridine rings is 1. The molecule has 0 saturated heterocycles. The Bertz CT molecular complexity index is 615. The molecule has 4 nitrogen and oxygen atoms in total. The molecule has 0 aliphatic rings. The first kappa shape index (κ1) is 9.59. The molecule has 16 heavy (non-hydrogen) atoms. The summed E-state index contributed by atoms with van der Waals surface area (Å²) >= 11 is 3.40. The van der Waals surface area contributed by atoms with E-state index in [0.29, 0.717) is 6.42 Å². The second kappa shape index (κ2) is 3.75. The fraction of sp³-hybridized carbons (Fsp3) is 0.0909. The fourth-order valence-corrected chi connectivity index (χ4v) is 1.87. The smallest absolute Gasteiger partial charge is 0.159 e. The topological polar surface area (TPSA) is 43.3 Å². The van der Waals surface area contributed by atoms with Crippen LogP contribution < -0.4 is 0 Å². The van der Waals surface area contributed by atoms with Crippen LogP contribution in [0.15, 0.2) is 45.6 Å². The Morgan fingerprint density at radius 2 is 2.31 bits per heavy atom. The summed E-state index contributed by atoms with van der Waals surface area (Å²) in [5.74, 6) is 1.63. The molecule has 3 rings (SSSR count). The molecule has 0 bridgehead atoms. The number of hydrogen-bond acceptors (Lipinski definition) is 3. The Labute approximate surface area is 100 Å². The molecule has 0 aliphatic heterocycles. The van der Waals surface area contributed by atoms with Crippen LogP contribution in [0.5, 0.6) is 0 Å². The standard InChI is InChI=1S/C11H8BrN3O/c12-8-3-4-15-11(6-8)13-10(14-15)7-9-2-1-5-16-9/h1-6H,7H2. The highest BCUT2D eigenvalue weighted by Gasteiger charge is 2.06. The molecular weight excluding hydrogens is 270 g/mol. The van der Waals surface area contributed by atoms with Crippen molar-refractivity contribution < 1.29 is 4.42 Å². The Morgan fingerprint density at radius 3 is 3.12 bits per heavy atom. The van der Waals surface area contributed by atoms with E-state index in [0.717, 1.165) is 21.7 Å². The van der Waals surface area contributed by atoms with Crippen LogP contribution in [-0.2, 0) is 6.42 Å². The van der Waals surface area contributed by atoms with Crippen LogP contribution in [0, 0.1) is 0 Å². The minimum absolute atomic E-state index is 0.617. The molecule has 0 saturated carbocycles. The van der Waals surface area contributed by atoms with Crippen molar-refractivity contribution in [3.63, 3.8) is 0 Å². The lowest BCUT2D eigenvalue weighted by molar-refractivity contribution is 0.517. The predicted molar refractivity (Wildman–Crippen MR) is 62.2 cm³/mol. The molecule has 3 aromatic rings. The van der Waals surface area contributed by atoms with Gasteiger partial charge in [-0.15, -0.1) is 0 Å². The first-order valence-electron chi connectivity index (χ1n) is 4.84. The maximum atomic E-state index is 5.26. The number of halogens is 1. The highest BCUT2D eigenvalue weighted by atomic mass is 79.9. The van der Waals surface area contributed by atoms with E-state index in [4.69, 9.17) is 4.42 Å². The van der Waals surface area contributed by atoms with E-state index in [2.05, 4.69) is 26.0 Å². The highest BCUT2D eigenvalue weighted by molar-refractivity contribution is 9.10. The normalized spacial score (nSPS) is 11.1. The van der Waals surface area contributed by atoms with Crippen LogP contribution in [0.3, 0.4) is 0 Å². The van der Waals surface area contributed by atoms with Crippen LogP contribution in [0.1, 0.15) is 11.6 Å². The Kier molecular flexibility index (Phi) is 2.25. The van der Waals surface area contributed by atoms with E-state index >= 15 is 0 Å². The van der Waals surface area contributed by atoms with E-state index in [1.165, 1.54) is 0 Å². The summed E-state index contributed by atoms with van der Waals surface area (Å²) in [5, 5.41) is 4.35. The van der Waals surface area contributed by atoms with Crippen LogP contribution in [-0.4, -0.2) is 14.6 Å². The van der Waals surface area contributed by atoms with Crippen LogP contribution in [0.25, 0.3) is 5.65 Å². The zero-order valence-corrected chi connectivity index (χ0v) is 9.89. The van der Waals surface area contributed by atoms with E-state index in [1.807, 2.05) is 30.5 Å². The SMILES string of the molecule is Brc1ccn2nc(Cc3ccco3)nc2c1. The largest absolute Gasteiger partial charge is 0.469 e. The summed E-state index contributed by atoms with van der Waals surface area (Å²) < 4.78 is 8.01. The average molecular weight is 278 g/mol. The number of hydrogen-bond donors (Lipinski definition) is 0. The maximum absolute atomic E-state index is 5.26. The molecule has 0 aromatic carbocycles. The Morgan fingerprint density at radius 1 is 1.38 bits per heavy atom. The predicted octanol–water partition coefficient (Wildman–Crippen LogP) is 2.68. The molecule has 5 heteroatoms. The summed E-state index contributed by atoms with van der Waals surface area (Å²) in [5.41, 5.74) is 0.830. The van der Waals surface area contributed by atoms with Gasteiger partial charge in [-0.3, -0.25) is 0 Å². The van der Waals surface area contributed by atoms with E-state index < -0.39 is 0 Å². The molecule has 3 heterocycles. The van der Waals surface area contributed by atoms with Gasteiger partial charge in [0, 0.05) is 10.7 Å². The Balaban J connectivity index is 1.99. The number of nitrogens with zero attached hydrogens (tertiary/aromatic N) is 3. The third-order valence-electron chi connectivity index (χ3n) is 2.26. The molecule has 0 N–H and O–H groups in total. The van der Waals surface area contributed by atoms with Crippen molar-refractivity contribution in [2.24, 2.45) is 0 Å². The molecule has 0 fully saturated rings. The lowest BCUT2D eigenvalue weighted by Gasteiger charge is -1.89. The lowest BCUT2D eigenvalue weighted by atomic mass is 10.3. The minimum atomic E-state index is 0.617. The molecule has 80 valence electrons. The van der Waals surface area contributed by atoms with Gasteiger partial charge in [0.15, 0.2) is 11.5 Å². The molecule has 0 radical (unpaired) electrons. The van der Waals surface area contributed by atoms with Gasteiger partial charge < -0.3 is 4.42 Å². The third kappa shape index (κ3) is 1.74. The first-order valence-corrected chi connectivity index (χ1v) is 5.64. The van der Waals surface area contributed by atoms with Gasteiger partial charge in [0.1, 0.15) is 5.76 Å². The van der Waals surface area contributed by atoms with Crippen molar-refractivity contribution in [2.45, 2.75) is 6.42 Å². The first-order chi connectivity index (χ1) is 7.81. The average Bonchev–Trinajstić information content (AvgIpc) is 2.86. The Hall–Kier alpha value is -1.62. The molecule has 0 spiro atoms. The third-order valence-corrected chi connectivity index (χ3v) is 2.75. The van der Waals surface area contributed by atoms with Crippen molar-refractivity contribution in [3.8, 4) is 0 Å². The number of rotatable bonds is 2. The van der Waals surface area contributed by atoms with Gasteiger partial charge >= 0.3 is 0 Å². The van der Waals surface area contributed by atoms with Gasteiger partial charge in [0.25, 0.3) is 0 Å². The van der Waals surface area contributed by atoms with Crippen molar-refractivity contribution in [3.05, 3.63) is 52.8 Å². The van der Waals surface area contributed by atoms with E-state index in [9.17, 15) is 0 Å². The van der Waals surface area contributed by atoms with Crippen LogP contribution in [0.2, 0.25) is 0 Å². The van der Waals surface area contributed by atoms with E-state index in [-0.39, 0.29) is 0 Å². The second-order valence-corrected chi connectivity index (χ2v) is 4.35. The van der Waals surface area contributed by atoms with Crippen molar-refractivity contribution in [1.29, 1.82) is 0 Å². The summed E-state index contributed by atoms with van der Waals surface area (Å²) in [6, 6.07) is 7.64. The van der Waals surface area contributed by atoms with Crippen LogP contribution in [0.4, 0.5) is 0 Å². The van der Waals surface area contributed by atoms with Gasteiger partial charge in [-0.2, -0.15) is 5.10 Å². The number of fused-ring (bicyclic) bond motifs is 1. The van der Waals surface area contributed by atoms with Gasteiger partial charge in [0.05, 0.1) is 12.7 Å².